The molecular formula is C15H24NO3-. The van der Waals surface area contributed by atoms with Crippen LogP contribution in [0.25, 0.3) is 0 Å². The van der Waals surface area contributed by atoms with Crippen LogP contribution in [0.1, 0.15) is 59.3 Å². The fourth-order valence-corrected chi connectivity index (χ4v) is 4.28. The summed E-state index contributed by atoms with van der Waals surface area (Å²) < 4.78 is 0. The van der Waals surface area contributed by atoms with Gasteiger partial charge in [0.15, 0.2) is 0 Å². The highest BCUT2D eigenvalue weighted by Gasteiger charge is 2.50. The molecule has 108 valence electrons. The second kappa shape index (κ2) is 4.80. The number of rotatable bonds is 4. The molecule has 1 aliphatic carbocycles. The van der Waals surface area contributed by atoms with Gasteiger partial charge in [-0.1, -0.05) is 20.8 Å². The fraction of sp³-hybridized carbons (Fsp3) is 0.867. The van der Waals surface area contributed by atoms with E-state index in [1.807, 2.05) is 4.90 Å². The molecule has 2 bridgehead atoms. The van der Waals surface area contributed by atoms with Gasteiger partial charge in [-0.25, -0.2) is 0 Å². The number of amides is 1. The van der Waals surface area contributed by atoms with E-state index < -0.39 is 5.97 Å². The lowest BCUT2D eigenvalue weighted by Crippen LogP contribution is -2.37. The SMILES string of the molecule is CC1(C)C[C@@H]2C[C@](C)(CN2C(=O)CCCC(=O)[O-])C1. The van der Waals surface area contributed by atoms with Crippen LogP contribution in [0.15, 0.2) is 0 Å². The van der Waals surface area contributed by atoms with Gasteiger partial charge < -0.3 is 14.8 Å². The van der Waals surface area contributed by atoms with Crippen molar-refractivity contribution in [2.24, 2.45) is 10.8 Å². The van der Waals surface area contributed by atoms with Crippen molar-refractivity contribution < 1.29 is 14.7 Å². The fourth-order valence-electron chi connectivity index (χ4n) is 4.28. The molecule has 2 aliphatic rings. The summed E-state index contributed by atoms with van der Waals surface area (Å²) in [5, 5.41) is 10.4. The number of likely N-dealkylation sites (tertiary alicyclic amines) is 1. The Hall–Kier alpha value is -1.06. The summed E-state index contributed by atoms with van der Waals surface area (Å²) in [7, 11) is 0. The molecule has 0 aromatic rings. The number of hydrogen-bond donors (Lipinski definition) is 0. The number of carboxylic acid groups (broad SMARTS) is 1. The Labute approximate surface area is 115 Å². The highest BCUT2D eigenvalue weighted by atomic mass is 16.4. The molecule has 1 saturated carbocycles. The van der Waals surface area contributed by atoms with E-state index in [0.29, 0.717) is 24.3 Å². The van der Waals surface area contributed by atoms with E-state index in [9.17, 15) is 14.7 Å². The first-order valence-corrected chi connectivity index (χ1v) is 7.20. The number of carbonyl (C=O) groups is 2. The van der Waals surface area contributed by atoms with Crippen molar-refractivity contribution in [1.29, 1.82) is 0 Å². The van der Waals surface area contributed by atoms with E-state index >= 15 is 0 Å². The van der Waals surface area contributed by atoms with Crippen LogP contribution in [-0.2, 0) is 9.59 Å². The number of fused-ring (bicyclic) bond motifs is 2. The summed E-state index contributed by atoms with van der Waals surface area (Å²) in [6.07, 6.45) is 4.04. The maximum Gasteiger partial charge on any atom is 0.222 e. The molecule has 0 unspecified atom stereocenters. The third-order valence-corrected chi connectivity index (χ3v) is 4.51. The molecule has 1 aliphatic heterocycles. The summed E-state index contributed by atoms with van der Waals surface area (Å²) in [4.78, 5) is 24.6. The Morgan fingerprint density at radius 3 is 2.53 bits per heavy atom. The molecule has 0 aromatic carbocycles. The van der Waals surface area contributed by atoms with Gasteiger partial charge in [0.1, 0.15) is 0 Å². The Morgan fingerprint density at radius 2 is 1.89 bits per heavy atom. The van der Waals surface area contributed by atoms with Crippen LogP contribution >= 0.6 is 0 Å². The first kappa shape index (κ1) is 14.4. The van der Waals surface area contributed by atoms with Crippen molar-refractivity contribution in [3.8, 4) is 0 Å². The molecule has 1 amide bonds. The topological polar surface area (TPSA) is 60.4 Å². The lowest BCUT2D eigenvalue weighted by atomic mass is 9.65. The Balaban J connectivity index is 1.95. The van der Waals surface area contributed by atoms with E-state index in [-0.39, 0.29) is 17.7 Å². The normalized spacial score (nSPS) is 32.4. The highest BCUT2D eigenvalue weighted by Crippen LogP contribution is 2.52. The molecule has 4 heteroatoms. The molecule has 4 nitrogen and oxygen atoms in total. The summed E-state index contributed by atoms with van der Waals surface area (Å²) in [6, 6.07) is 0.351. The molecule has 1 heterocycles. The van der Waals surface area contributed by atoms with Crippen LogP contribution in [0.5, 0.6) is 0 Å². The first-order valence-electron chi connectivity index (χ1n) is 7.20. The number of aliphatic carboxylic acids is 1. The molecular weight excluding hydrogens is 242 g/mol. The van der Waals surface area contributed by atoms with Crippen molar-refractivity contribution in [2.45, 2.75) is 65.3 Å². The second-order valence-corrected chi connectivity index (χ2v) is 7.46. The predicted molar refractivity (Wildman–Crippen MR) is 70.1 cm³/mol. The minimum Gasteiger partial charge on any atom is -0.550 e. The summed E-state index contributed by atoms with van der Waals surface area (Å²) >= 11 is 0. The van der Waals surface area contributed by atoms with Crippen LogP contribution in [-0.4, -0.2) is 29.4 Å². The van der Waals surface area contributed by atoms with Crippen molar-refractivity contribution >= 4 is 11.9 Å². The molecule has 0 radical (unpaired) electrons. The van der Waals surface area contributed by atoms with Crippen molar-refractivity contribution in [3.63, 3.8) is 0 Å². The van der Waals surface area contributed by atoms with Gasteiger partial charge in [-0.05, 0) is 42.9 Å². The van der Waals surface area contributed by atoms with Crippen molar-refractivity contribution in [1.82, 2.24) is 4.90 Å². The van der Waals surface area contributed by atoms with Crippen LogP contribution < -0.4 is 5.11 Å². The predicted octanol–water partition coefficient (Wildman–Crippen LogP) is 1.33. The van der Waals surface area contributed by atoms with Crippen molar-refractivity contribution in [2.75, 3.05) is 6.54 Å². The maximum absolute atomic E-state index is 12.2. The maximum atomic E-state index is 12.2. The van der Waals surface area contributed by atoms with Gasteiger partial charge in [-0.15, -0.1) is 0 Å². The zero-order chi connectivity index (χ0) is 14.3. The minimum atomic E-state index is -1.07. The summed E-state index contributed by atoms with van der Waals surface area (Å²) in [5.41, 5.74) is 0.550. The molecule has 2 atom stereocenters. The molecule has 0 aromatic heterocycles. The zero-order valence-corrected chi connectivity index (χ0v) is 12.2. The zero-order valence-electron chi connectivity index (χ0n) is 12.2. The molecule has 0 spiro atoms. The Bertz CT molecular complexity index is 391. The monoisotopic (exact) mass is 266 g/mol. The van der Waals surface area contributed by atoms with Crippen LogP contribution in [0.2, 0.25) is 0 Å². The molecule has 2 fully saturated rings. The molecule has 2 rings (SSSR count). The van der Waals surface area contributed by atoms with Crippen LogP contribution in [0.4, 0.5) is 0 Å². The average molecular weight is 266 g/mol. The number of nitrogens with zero attached hydrogens (tertiary/aromatic N) is 1. The smallest absolute Gasteiger partial charge is 0.222 e. The summed E-state index contributed by atoms with van der Waals surface area (Å²) in [6.45, 7) is 7.67. The van der Waals surface area contributed by atoms with Gasteiger partial charge >= 0.3 is 0 Å². The number of carboxylic acids is 1. The molecule has 1 saturated heterocycles. The minimum absolute atomic E-state index is 0.0208. The quantitative estimate of drug-likeness (QED) is 0.771. The molecule has 0 N–H and O–H groups in total. The van der Waals surface area contributed by atoms with Gasteiger partial charge in [-0.3, -0.25) is 4.79 Å². The Morgan fingerprint density at radius 1 is 1.21 bits per heavy atom. The average Bonchev–Trinajstić information content (AvgIpc) is 2.47. The summed E-state index contributed by atoms with van der Waals surface area (Å²) in [5.74, 6) is -0.950. The van der Waals surface area contributed by atoms with Crippen molar-refractivity contribution in [3.05, 3.63) is 0 Å². The number of hydrogen-bond acceptors (Lipinski definition) is 3. The van der Waals surface area contributed by atoms with E-state index in [0.717, 1.165) is 19.4 Å². The van der Waals surface area contributed by atoms with E-state index in [4.69, 9.17) is 0 Å². The third-order valence-electron chi connectivity index (χ3n) is 4.51. The van der Waals surface area contributed by atoms with Gasteiger partial charge in [0.25, 0.3) is 0 Å². The lowest BCUT2D eigenvalue weighted by molar-refractivity contribution is -0.305. The standard InChI is InChI=1S/C15H25NO3/c1-14(2)7-11-8-15(3,9-14)10-16(11)12(17)5-4-6-13(18)19/h11H,4-10H2,1-3H3,(H,18,19)/p-1/t11-,15+/m1/s1. The second-order valence-electron chi connectivity index (χ2n) is 7.46. The highest BCUT2D eigenvalue weighted by molar-refractivity contribution is 5.77. The van der Waals surface area contributed by atoms with Gasteiger partial charge in [0, 0.05) is 25.0 Å². The van der Waals surface area contributed by atoms with E-state index in [2.05, 4.69) is 20.8 Å². The van der Waals surface area contributed by atoms with Gasteiger partial charge in [0.05, 0.1) is 0 Å². The van der Waals surface area contributed by atoms with Gasteiger partial charge in [-0.2, -0.15) is 0 Å². The third kappa shape index (κ3) is 3.28. The van der Waals surface area contributed by atoms with E-state index in [1.165, 1.54) is 6.42 Å². The van der Waals surface area contributed by atoms with Crippen LogP contribution in [0.3, 0.4) is 0 Å². The van der Waals surface area contributed by atoms with Crippen LogP contribution in [0, 0.1) is 10.8 Å². The Kier molecular flexibility index (Phi) is 3.63. The largest absolute Gasteiger partial charge is 0.550 e. The lowest BCUT2D eigenvalue weighted by Gasteiger charge is -2.39. The van der Waals surface area contributed by atoms with Gasteiger partial charge in [0.2, 0.25) is 5.91 Å². The number of carbonyl (C=O) groups excluding carboxylic acids is 2. The molecule has 19 heavy (non-hydrogen) atoms. The first-order chi connectivity index (χ1) is 8.71. The van der Waals surface area contributed by atoms with E-state index in [1.54, 1.807) is 0 Å².